The Bertz CT molecular complexity index is 3480. The van der Waals surface area contributed by atoms with Crippen LogP contribution in [0.3, 0.4) is 0 Å². The number of amides is 3. The number of nitrogens with two attached hydrogens (primary N) is 1. The number of aromatic nitrogens is 5. The highest BCUT2D eigenvalue weighted by atomic mass is 32.2. The highest BCUT2D eigenvalue weighted by Gasteiger charge is 2.44. The molecule has 0 saturated carbocycles. The van der Waals surface area contributed by atoms with Crippen LogP contribution in [0.4, 0.5) is 24.7 Å². The SMILES string of the molecule is Cc1ncsc1-c1ccc(CNC(=O)[C@@H]2C[C@@H](O)CN2C(=O)C(NC(=O)CCCCOC(=O)c2ccc(-c3cnc(N)c4c(-c5ccc(NS(=O)(=O)C(F)F)c(OC(C)c6ccc(F)cc6)c5)nn(C)c34)cn2)C(C)(C)C)cc1. The molecule has 4 atom stereocenters. The molecule has 5 heterocycles. The first-order valence-electron chi connectivity index (χ1n) is 25.1. The maximum atomic E-state index is 14.1. The van der Waals surface area contributed by atoms with Gasteiger partial charge in [-0.25, -0.2) is 32.6 Å². The molecule has 3 aromatic carbocycles. The van der Waals surface area contributed by atoms with Crippen molar-refractivity contribution < 1.29 is 55.3 Å². The van der Waals surface area contributed by atoms with Crippen LogP contribution >= 0.6 is 11.3 Å². The Balaban J connectivity index is 0.863. The normalized spacial score (nSPS) is 15.5. The number of β-amino-alcohol motifs (C(OH)–C–C–N with tert-alkyl or cyclic N) is 1. The zero-order valence-electron chi connectivity index (χ0n) is 44.0. The summed E-state index contributed by atoms with van der Waals surface area (Å²) < 4.78 is 80.2. The topological polar surface area (TPSA) is 263 Å². The smallest absolute Gasteiger partial charge is 0.356 e. The number of alkyl halides is 2. The highest BCUT2D eigenvalue weighted by molar-refractivity contribution is 7.93. The van der Waals surface area contributed by atoms with E-state index in [1.54, 1.807) is 62.3 Å². The molecule has 1 aliphatic heterocycles. The lowest BCUT2D eigenvalue weighted by molar-refractivity contribution is -0.144. The molecule has 2 unspecified atom stereocenters. The van der Waals surface area contributed by atoms with E-state index in [0.717, 1.165) is 21.7 Å². The zero-order valence-corrected chi connectivity index (χ0v) is 45.6. The van der Waals surface area contributed by atoms with Crippen molar-refractivity contribution in [1.29, 1.82) is 0 Å². The minimum atomic E-state index is -5.11. The van der Waals surface area contributed by atoms with Gasteiger partial charge in [0.1, 0.15) is 47.0 Å². The Morgan fingerprint density at radius 2 is 1.65 bits per heavy atom. The van der Waals surface area contributed by atoms with Gasteiger partial charge >= 0.3 is 11.7 Å². The van der Waals surface area contributed by atoms with E-state index in [1.807, 2.05) is 35.9 Å². The van der Waals surface area contributed by atoms with Gasteiger partial charge in [-0.1, -0.05) is 69.3 Å². The summed E-state index contributed by atoms with van der Waals surface area (Å²) in [4.78, 5) is 69.5. The number of likely N-dealkylation sites (tertiary alicyclic amines) is 1. The Morgan fingerprint density at radius 3 is 2.30 bits per heavy atom. The first-order chi connectivity index (χ1) is 37.5. The number of thiazole rings is 1. The van der Waals surface area contributed by atoms with Crippen LogP contribution < -0.4 is 25.8 Å². The van der Waals surface area contributed by atoms with Crippen LogP contribution in [0.15, 0.2) is 96.8 Å². The molecule has 0 spiro atoms. The lowest BCUT2D eigenvalue weighted by Gasteiger charge is -2.35. The van der Waals surface area contributed by atoms with Crippen molar-refractivity contribution in [2.24, 2.45) is 12.5 Å². The Morgan fingerprint density at radius 1 is 0.937 bits per heavy atom. The van der Waals surface area contributed by atoms with Crippen LogP contribution in [-0.4, -0.2) is 104 Å². The summed E-state index contributed by atoms with van der Waals surface area (Å²) >= 11 is 1.55. The number of hydrogen-bond acceptors (Lipinski definition) is 15. The van der Waals surface area contributed by atoms with Gasteiger partial charge in [-0.3, -0.25) is 23.8 Å². The third kappa shape index (κ3) is 13.3. The van der Waals surface area contributed by atoms with Gasteiger partial charge in [0, 0.05) is 62.1 Å². The fraction of sp³-hybridized carbons (Fsp3) is 0.345. The van der Waals surface area contributed by atoms with Crippen molar-refractivity contribution in [2.75, 3.05) is 23.6 Å². The Kier molecular flexibility index (Phi) is 17.4. The van der Waals surface area contributed by atoms with Crippen LogP contribution in [0.5, 0.6) is 5.75 Å². The first kappa shape index (κ1) is 57.2. The third-order valence-electron chi connectivity index (χ3n) is 13.3. The molecule has 1 aliphatic rings. The number of benzene rings is 3. The van der Waals surface area contributed by atoms with E-state index in [-0.39, 0.29) is 61.2 Å². The van der Waals surface area contributed by atoms with E-state index in [4.69, 9.17) is 20.3 Å². The Labute approximate surface area is 457 Å². The number of carbonyl (C=O) groups excluding carboxylic acids is 4. The summed E-state index contributed by atoms with van der Waals surface area (Å²) in [6.07, 6.45) is 1.93. The number of halogens is 3. The average Bonchev–Trinajstić information content (AvgIpc) is 4.37. The number of sulfonamides is 1. The monoisotopic (exact) mass is 1120 g/mol. The molecule has 1 fully saturated rings. The summed E-state index contributed by atoms with van der Waals surface area (Å²) in [5.74, 6) is -6.31. The van der Waals surface area contributed by atoms with Crippen LogP contribution in [0.25, 0.3) is 43.7 Å². The number of hydrogen-bond donors (Lipinski definition) is 5. The quantitative estimate of drug-likeness (QED) is 0.0357. The number of esters is 1. The molecule has 0 bridgehead atoms. The van der Waals surface area contributed by atoms with Gasteiger partial charge in [-0.05, 0) is 79.1 Å². The highest BCUT2D eigenvalue weighted by Crippen LogP contribution is 2.41. The number of nitrogens with zero attached hydrogens (tertiary/aromatic N) is 6. The van der Waals surface area contributed by atoms with Gasteiger partial charge < -0.3 is 35.8 Å². The molecule has 6 N–H and O–H groups in total. The second-order valence-electron chi connectivity index (χ2n) is 20.2. The van der Waals surface area contributed by atoms with E-state index in [1.165, 1.54) is 65.8 Å². The predicted octanol–water partition coefficient (Wildman–Crippen LogP) is 8.09. The third-order valence-corrected chi connectivity index (χ3v) is 15.3. The minimum absolute atomic E-state index is 0.00107. The van der Waals surface area contributed by atoms with Crippen LogP contribution in [0.1, 0.15) is 86.8 Å². The molecule has 3 amide bonds. The molecule has 24 heteroatoms. The summed E-state index contributed by atoms with van der Waals surface area (Å²) in [5.41, 5.74) is 12.7. The number of carbonyl (C=O) groups is 4. The largest absolute Gasteiger partial charge is 0.484 e. The van der Waals surface area contributed by atoms with Crippen LogP contribution in [0.2, 0.25) is 0 Å². The van der Waals surface area contributed by atoms with Gasteiger partial charge in [0.25, 0.3) is 10.0 Å². The molecule has 416 valence electrons. The van der Waals surface area contributed by atoms with Crippen molar-refractivity contribution in [1.82, 2.24) is 40.3 Å². The molecular formula is C55H59F3N10O9S2. The summed E-state index contributed by atoms with van der Waals surface area (Å²) in [7, 11) is -3.45. The minimum Gasteiger partial charge on any atom is -0.484 e. The summed E-state index contributed by atoms with van der Waals surface area (Å²) in [5, 5.41) is 21.5. The maximum Gasteiger partial charge on any atom is 0.356 e. The van der Waals surface area contributed by atoms with Crippen molar-refractivity contribution in [3.05, 3.63) is 125 Å². The summed E-state index contributed by atoms with van der Waals surface area (Å²) in [6, 6.07) is 18.4. The molecule has 79 heavy (non-hydrogen) atoms. The van der Waals surface area contributed by atoms with Gasteiger partial charge in [0.05, 0.1) is 45.4 Å². The maximum absolute atomic E-state index is 14.1. The van der Waals surface area contributed by atoms with Crippen molar-refractivity contribution in [3.8, 4) is 38.6 Å². The standard InChI is InChI=1S/C55H59F3N10O9S2/c1-30-48(78-29-63-30)34-12-10-32(11-13-34)25-62-51(71)42-24-38(69)28-68(42)52(72)49(55(3,4)5)64-44(70)9-7-8-22-76-53(73)41-21-17-36(26-60-41)39-27-61-50(59)45-46(65-67(6)47(39)45)35-16-20-40(66-79(74,75)54(57)58)43(23-35)77-31(2)33-14-18-37(56)19-15-33/h10-21,23,26-27,29,31,38,42,49,54,66,69H,7-9,22,24-25,28H2,1-6H3,(H2,59,61)(H,62,71)(H,64,70)/t31?,38-,42+,49?/m1/s1. The zero-order chi connectivity index (χ0) is 56.9. The van der Waals surface area contributed by atoms with Gasteiger partial charge in [0.2, 0.25) is 17.7 Å². The van der Waals surface area contributed by atoms with Crippen molar-refractivity contribution in [3.63, 3.8) is 0 Å². The van der Waals surface area contributed by atoms with E-state index in [0.29, 0.717) is 46.0 Å². The number of nitrogen functional groups attached to an aromatic ring is 1. The average molecular weight is 1130 g/mol. The second-order valence-corrected chi connectivity index (χ2v) is 22.7. The molecular weight excluding hydrogens is 1070 g/mol. The number of unbranched alkanes of at least 4 members (excludes halogenated alkanes) is 1. The number of pyridine rings is 2. The lowest BCUT2D eigenvalue weighted by atomic mass is 9.85. The lowest BCUT2D eigenvalue weighted by Crippen LogP contribution is -2.57. The number of rotatable bonds is 20. The predicted molar refractivity (Wildman–Crippen MR) is 291 cm³/mol. The molecule has 4 aromatic heterocycles. The second kappa shape index (κ2) is 24.0. The number of nitrogens with one attached hydrogen (secondary N) is 3. The number of aliphatic hydroxyl groups is 1. The summed E-state index contributed by atoms with van der Waals surface area (Å²) in [6.45, 7) is 9.08. The van der Waals surface area contributed by atoms with Crippen molar-refractivity contribution >= 4 is 67.5 Å². The fourth-order valence-electron chi connectivity index (χ4n) is 9.10. The van der Waals surface area contributed by atoms with Gasteiger partial charge in [-0.2, -0.15) is 13.9 Å². The van der Waals surface area contributed by atoms with E-state index >= 15 is 0 Å². The van der Waals surface area contributed by atoms with Gasteiger partial charge in [0.15, 0.2) is 0 Å². The molecule has 1 saturated heterocycles. The number of aryl methyl sites for hydroxylation is 2. The van der Waals surface area contributed by atoms with Crippen molar-refractivity contribution in [2.45, 2.75) is 96.9 Å². The number of anilines is 2. The van der Waals surface area contributed by atoms with Gasteiger partial charge in [-0.15, -0.1) is 11.3 Å². The molecule has 0 radical (unpaired) electrons. The van der Waals surface area contributed by atoms with E-state index in [9.17, 15) is 45.9 Å². The Hall–Kier alpha value is -7.96. The first-order valence-corrected chi connectivity index (χ1v) is 27.6. The molecule has 7 aromatic rings. The van der Waals surface area contributed by atoms with E-state index in [2.05, 4.69) is 25.6 Å². The number of fused-ring (bicyclic) bond motifs is 1. The van der Waals surface area contributed by atoms with Crippen LogP contribution in [0, 0.1) is 18.2 Å². The fourth-order valence-corrected chi connectivity index (χ4v) is 10.5. The molecule has 0 aliphatic carbocycles. The number of ether oxygens (including phenoxy) is 2. The number of aliphatic hydroxyl groups excluding tert-OH is 1. The van der Waals surface area contributed by atoms with Crippen LogP contribution in [-0.2, 0) is 42.7 Å². The molecule has 19 nitrogen and oxygen atoms in total. The van der Waals surface area contributed by atoms with E-state index < -0.39 is 75.0 Å². The molecule has 8 rings (SSSR count).